The van der Waals surface area contributed by atoms with Crippen molar-refractivity contribution < 1.29 is 57.4 Å². The summed E-state index contributed by atoms with van der Waals surface area (Å²) in [7, 11) is 0. The molecule has 0 aliphatic carbocycles. The summed E-state index contributed by atoms with van der Waals surface area (Å²) in [5, 5.41) is 13.5. The second-order valence-electron chi connectivity index (χ2n) is 13.5. The molecule has 0 spiro atoms. The van der Waals surface area contributed by atoms with Gasteiger partial charge in [0, 0.05) is 40.5 Å². The first-order chi connectivity index (χ1) is 30.3. The summed E-state index contributed by atoms with van der Waals surface area (Å²) in [4.78, 5) is 47.7. The number of alkyl halides is 5. The fourth-order valence-corrected chi connectivity index (χ4v) is 10.9. The predicted molar refractivity (Wildman–Crippen MR) is 267 cm³/mol. The zero-order valence-electron chi connectivity index (χ0n) is 36.1. The molecule has 0 fully saturated rings. The minimum atomic E-state index is -0.750. The van der Waals surface area contributed by atoms with E-state index in [0.717, 1.165) is 21.3 Å². The van der Waals surface area contributed by atoms with Crippen LogP contribution in [0.4, 0.5) is 0 Å². The molecule has 0 unspecified atom stereocenters. The Morgan fingerprint density at radius 2 is 0.703 bits per heavy atom. The van der Waals surface area contributed by atoms with Gasteiger partial charge in [0.25, 0.3) is 0 Å². The van der Waals surface area contributed by atoms with Crippen molar-refractivity contribution in [3.63, 3.8) is 0 Å². The van der Waals surface area contributed by atoms with Gasteiger partial charge < -0.3 is 38.3 Å². The average molecular weight is 1210 g/mol. The maximum Gasteiger partial charge on any atom is 0.338 e. The van der Waals surface area contributed by atoms with E-state index in [-0.39, 0.29) is 53.8 Å². The van der Waals surface area contributed by atoms with Gasteiger partial charge in [0.1, 0.15) is 42.8 Å². The Bertz CT molecular complexity index is 1840. The zero-order valence-corrected chi connectivity index (χ0v) is 44.1. The quantitative estimate of drug-likeness (QED) is 0.0345. The van der Waals surface area contributed by atoms with Crippen molar-refractivity contribution in [2.24, 2.45) is 10.8 Å². The summed E-state index contributed by atoms with van der Waals surface area (Å²) < 4.78 is 38.5. The van der Waals surface area contributed by atoms with Gasteiger partial charge in [-0.05, 0) is 100 Å². The third-order valence-corrected chi connectivity index (χ3v) is 14.4. The molecule has 0 bridgehead atoms. The number of rotatable bonds is 22. The van der Waals surface area contributed by atoms with Crippen LogP contribution in [0.1, 0.15) is 69.1 Å². The number of phenolic OH excluding ortho intramolecular Hbond substituents is 1. The van der Waals surface area contributed by atoms with Crippen LogP contribution in [0.5, 0.6) is 23.0 Å². The number of carbonyl (C=O) groups is 4. The smallest absolute Gasteiger partial charge is 0.338 e. The highest BCUT2D eigenvalue weighted by Gasteiger charge is 2.34. The molecule has 0 heterocycles. The number of aromatic hydroxyl groups is 1. The summed E-state index contributed by atoms with van der Waals surface area (Å²) in [6, 6.07) is 26.3. The molecular weight excluding hydrogens is 1150 g/mol. The molecule has 0 saturated carbocycles. The first-order valence-corrected chi connectivity index (χ1v) is 25.4. The molecule has 0 atom stereocenters. The maximum atomic E-state index is 12.2. The Morgan fingerprint density at radius 1 is 0.438 bits per heavy atom. The lowest BCUT2D eigenvalue weighted by Gasteiger charge is -2.31. The molecule has 347 valence electrons. The van der Waals surface area contributed by atoms with Crippen LogP contribution in [0.2, 0.25) is 0 Å². The van der Waals surface area contributed by atoms with Crippen molar-refractivity contribution in [3.8, 4) is 23.0 Å². The van der Waals surface area contributed by atoms with Crippen LogP contribution in [0.3, 0.4) is 0 Å². The largest absolute Gasteiger partial charge is 0.508 e. The number of hydrogen-bond donors (Lipinski definition) is 1. The van der Waals surface area contributed by atoms with E-state index in [1.54, 1.807) is 113 Å². The number of ether oxygens (including phenoxy) is 7. The Labute approximate surface area is 420 Å². The van der Waals surface area contributed by atoms with E-state index in [9.17, 15) is 19.2 Å². The topological polar surface area (TPSA) is 153 Å². The van der Waals surface area contributed by atoms with Crippen molar-refractivity contribution in [2.75, 3.05) is 72.9 Å². The van der Waals surface area contributed by atoms with Crippen molar-refractivity contribution >= 4 is 112 Å². The molecular formula is C46H53BBr5O12. The van der Waals surface area contributed by atoms with Crippen molar-refractivity contribution in [1.82, 2.24) is 0 Å². The second kappa shape index (κ2) is 32.2. The highest BCUT2D eigenvalue weighted by Crippen LogP contribution is 2.29. The van der Waals surface area contributed by atoms with Crippen LogP contribution in [-0.2, 0) is 18.9 Å². The lowest BCUT2D eigenvalue weighted by molar-refractivity contribution is 0.0495. The standard InChI is InChI=1S/C32H35BrO9.C9H10O3.C5H8Br4.B/c1-4-37-29(34)23-10-7-13-26(16-23)40-20-32(19-33,21-41-27-14-8-11-24(17-27)30(35)38-5-2)22-42-28-15-9-12-25(18-28)31(36)39-6-3;1-2-12-9(11)7-4-3-5-8(10)6-7;6-1-5(2-7,3-8)4-9;/h7-18H,4-6,19-22H2,1-3H3;3-6,10H,2H2,1H3;1-4H2;. The Balaban J connectivity index is 0.000000760. The van der Waals surface area contributed by atoms with Gasteiger partial charge >= 0.3 is 23.9 Å². The summed E-state index contributed by atoms with van der Waals surface area (Å²) in [6.45, 7) is 8.52. The monoisotopic (exact) mass is 1200 g/mol. The van der Waals surface area contributed by atoms with Crippen LogP contribution in [0.15, 0.2) is 97.1 Å². The van der Waals surface area contributed by atoms with E-state index < -0.39 is 29.3 Å². The number of halogens is 5. The molecule has 12 nitrogen and oxygen atoms in total. The third-order valence-electron chi connectivity index (χ3n) is 8.45. The molecule has 0 aliphatic rings. The summed E-state index contributed by atoms with van der Waals surface area (Å²) >= 11 is 17.5. The van der Waals surface area contributed by atoms with Crippen LogP contribution in [-0.4, -0.2) is 110 Å². The van der Waals surface area contributed by atoms with Crippen molar-refractivity contribution in [2.45, 2.75) is 27.7 Å². The highest BCUT2D eigenvalue weighted by atomic mass is 79.9. The molecule has 3 radical (unpaired) electrons. The summed E-state index contributed by atoms with van der Waals surface area (Å²) in [5.41, 5.74) is 1.07. The van der Waals surface area contributed by atoms with E-state index in [1.807, 2.05) is 0 Å². The van der Waals surface area contributed by atoms with E-state index in [2.05, 4.69) is 79.6 Å². The van der Waals surface area contributed by atoms with Gasteiger partial charge in [0.15, 0.2) is 0 Å². The van der Waals surface area contributed by atoms with Gasteiger partial charge in [-0.3, -0.25) is 0 Å². The lowest BCUT2D eigenvalue weighted by Crippen LogP contribution is -2.42. The minimum Gasteiger partial charge on any atom is -0.508 e. The molecule has 1 N–H and O–H groups in total. The van der Waals surface area contributed by atoms with Gasteiger partial charge in [-0.2, -0.15) is 0 Å². The van der Waals surface area contributed by atoms with Gasteiger partial charge in [0.2, 0.25) is 0 Å². The van der Waals surface area contributed by atoms with E-state index in [0.29, 0.717) is 56.9 Å². The summed E-state index contributed by atoms with van der Waals surface area (Å²) in [5.74, 6) is -0.245. The second-order valence-corrected chi connectivity index (χ2v) is 16.4. The Hall–Kier alpha value is -3.58. The molecule has 0 amide bonds. The first-order valence-electron chi connectivity index (χ1n) is 19.8. The molecule has 64 heavy (non-hydrogen) atoms. The Kier molecular flexibility index (Phi) is 29.4. The highest BCUT2D eigenvalue weighted by molar-refractivity contribution is 9.11. The van der Waals surface area contributed by atoms with Gasteiger partial charge in [-0.25, -0.2) is 19.2 Å². The Morgan fingerprint density at radius 3 is 0.938 bits per heavy atom. The number of phenols is 1. The molecule has 0 aromatic heterocycles. The third kappa shape index (κ3) is 20.3. The van der Waals surface area contributed by atoms with E-state index >= 15 is 0 Å². The number of carbonyl (C=O) groups excluding carboxylic acids is 4. The zero-order chi connectivity index (χ0) is 46.7. The van der Waals surface area contributed by atoms with Gasteiger partial charge in [-0.15, -0.1) is 0 Å². The van der Waals surface area contributed by atoms with Crippen LogP contribution in [0, 0.1) is 10.8 Å². The van der Waals surface area contributed by atoms with Crippen LogP contribution in [0.25, 0.3) is 0 Å². The molecule has 4 aromatic carbocycles. The SMILES string of the molecule is BrCC(CBr)(CBr)CBr.CCOC(=O)c1cccc(O)c1.CCOC(=O)c1cccc(OCC(CBr)(COc2cccc(C(=O)OCC)c2)COc2cccc(C(=O)OCC)c2)c1.[B]. The molecule has 0 aliphatic heterocycles. The number of benzene rings is 4. The molecule has 4 rings (SSSR count). The average Bonchev–Trinajstić information content (AvgIpc) is 3.31. The minimum absolute atomic E-state index is 0. The molecule has 0 saturated heterocycles. The maximum absolute atomic E-state index is 12.2. The number of esters is 4. The van der Waals surface area contributed by atoms with Gasteiger partial charge in [0.05, 0.1) is 54.1 Å². The summed E-state index contributed by atoms with van der Waals surface area (Å²) in [6.07, 6.45) is 0. The van der Waals surface area contributed by atoms with Gasteiger partial charge in [-0.1, -0.05) is 104 Å². The lowest BCUT2D eigenvalue weighted by atomic mass is 9.94. The normalized spacial score (nSPS) is 10.6. The predicted octanol–water partition coefficient (Wildman–Crippen LogP) is 10.9. The van der Waals surface area contributed by atoms with E-state index in [4.69, 9.17) is 38.3 Å². The van der Waals surface area contributed by atoms with Crippen molar-refractivity contribution in [1.29, 1.82) is 0 Å². The van der Waals surface area contributed by atoms with Crippen LogP contribution < -0.4 is 14.2 Å². The fraction of sp³-hybridized carbons (Fsp3) is 0.391. The molecule has 18 heteroatoms. The van der Waals surface area contributed by atoms with E-state index in [1.165, 1.54) is 12.1 Å². The fourth-order valence-electron chi connectivity index (χ4n) is 4.79. The molecule has 4 aromatic rings. The first kappa shape index (κ1) is 58.4. The van der Waals surface area contributed by atoms with Crippen LogP contribution >= 0.6 is 79.6 Å². The van der Waals surface area contributed by atoms with Crippen molar-refractivity contribution in [3.05, 3.63) is 119 Å². The number of hydrogen-bond acceptors (Lipinski definition) is 12.